The Hall–Kier alpha value is -2.03. The van der Waals surface area contributed by atoms with Crippen LogP contribution in [0.25, 0.3) is 10.9 Å². The zero-order valence-electron chi connectivity index (χ0n) is 9.97. The molecule has 0 atom stereocenters. The van der Waals surface area contributed by atoms with Crippen molar-refractivity contribution in [3.05, 3.63) is 53.5 Å². The van der Waals surface area contributed by atoms with Crippen LogP contribution >= 0.6 is 0 Å². The highest BCUT2D eigenvalue weighted by atomic mass is 16.5. The van der Waals surface area contributed by atoms with E-state index in [1.807, 2.05) is 13.0 Å². The standard InChI is InChI=1S/C14H14N2O/c1-10-4-3-5-14-13(10)6-7-16(14)9-12-8-11(2)17-15-12/h3-8H,9H2,1-2H3. The maximum atomic E-state index is 5.09. The molecule has 2 heterocycles. The summed E-state index contributed by atoms with van der Waals surface area (Å²) in [5, 5.41) is 5.32. The predicted octanol–water partition coefficient (Wildman–Crippen LogP) is 3.29. The van der Waals surface area contributed by atoms with E-state index in [2.05, 4.69) is 47.1 Å². The molecule has 0 radical (unpaired) electrons. The van der Waals surface area contributed by atoms with Crippen LogP contribution in [0.2, 0.25) is 0 Å². The average Bonchev–Trinajstić information content (AvgIpc) is 2.88. The predicted molar refractivity (Wildman–Crippen MR) is 67.0 cm³/mol. The van der Waals surface area contributed by atoms with Gasteiger partial charge in [0.1, 0.15) is 11.5 Å². The van der Waals surface area contributed by atoms with Crippen LogP contribution in [-0.4, -0.2) is 9.72 Å². The first-order valence-corrected chi connectivity index (χ1v) is 5.71. The molecule has 0 aliphatic rings. The number of hydrogen-bond acceptors (Lipinski definition) is 2. The van der Waals surface area contributed by atoms with Crippen molar-refractivity contribution < 1.29 is 4.52 Å². The fourth-order valence-corrected chi connectivity index (χ4v) is 2.18. The summed E-state index contributed by atoms with van der Waals surface area (Å²) in [6, 6.07) is 10.5. The summed E-state index contributed by atoms with van der Waals surface area (Å²) in [5.41, 5.74) is 3.50. The summed E-state index contributed by atoms with van der Waals surface area (Å²) in [6.07, 6.45) is 2.10. The van der Waals surface area contributed by atoms with Crippen LogP contribution in [0.4, 0.5) is 0 Å². The van der Waals surface area contributed by atoms with Gasteiger partial charge in [-0.15, -0.1) is 0 Å². The van der Waals surface area contributed by atoms with Gasteiger partial charge >= 0.3 is 0 Å². The van der Waals surface area contributed by atoms with Gasteiger partial charge in [-0.2, -0.15) is 0 Å². The number of fused-ring (bicyclic) bond motifs is 1. The number of hydrogen-bond donors (Lipinski definition) is 0. The number of benzene rings is 1. The Labute approximate surface area is 99.6 Å². The number of rotatable bonds is 2. The van der Waals surface area contributed by atoms with Gasteiger partial charge in [0.2, 0.25) is 0 Å². The van der Waals surface area contributed by atoms with E-state index in [-0.39, 0.29) is 0 Å². The summed E-state index contributed by atoms with van der Waals surface area (Å²) in [4.78, 5) is 0. The number of aryl methyl sites for hydroxylation is 2. The van der Waals surface area contributed by atoms with E-state index in [4.69, 9.17) is 4.52 Å². The lowest BCUT2D eigenvalue weighted by molar-refractivity contribution is 0.389. The molecule has 0 N–H and O–H groups in total. The van der Waals surface area contributed by atoms with Crippen LogP contribution < -0.4 is 0 Å². The first-order chi connectivity index (χ1) is 8.24. The summed E-state index contributed by atoms with van der Waals surface area (Å²) in [6.45, 7) is 4.80. The van der Waals surface area contributed by atoms with Crippen LogP contribution in [-0.2, 0) is 6.54 Å². The maximum Gasteiger partial charge on any atom is 0.133 e. The fourth-order valence-electron chi connectivity index (χ4n) is 2.18. The normalized spacial score (nSPS) is 11.2. The molecule has 3 aromatic rings. The van der Waals surface area contributed by atoms with Crippen molar-refractivity contribution in [3.8, 4) is 0 Å². The van der Waals surface area contributed by atoms with Crippen molar-refractivity contribution in [2.45, 2.75) is 20.4 Å². The minimum absolute atomic E-state index is 0.754. The number of aromatic nitrogens is 2. The third kappa shape index (κ3) is 1.73. The monoisotopic (exact) mass is 226 g/mol. The largest absolute Gasteiger partial charge is 0.361 e. The molecule has 0 bridgehead atoms. The molecule has 0 saturated carbocycles. The minimum atomic E-state index is 0.754. The van der Waals surface area contributed by atoms with Crippen molar-refractivity contribution in [2.75, 3.05) is 0 Å². The highest BCUT2D eigenvalue weighted by molar-refractivity contribution is 5.83. The molecule has 0 amide bonds. The van der Waals surface area contributed by atoms with Crippen LogP contribution in [0.1, 0.15) is 17.0 Å². The van der Waals surface area contributed by atoms with Crippen molar-refractivity contribution in [1.82, 2.24) is 9.72 Å². The Morgan fingerprint density at radius 2 is 2.12 bits per heavy atom. The lowest BCUT2D eigenvalue weighted by Crippen LogP contribution is -1.97. The molecule has 3 rings (SSSR count). The third-order valence-corrected chi connectivity index (χ3v) is 3.04. The van der Waals surface area contributed by atoms with E-state index in [1.54, 1.807) is 0 Å². The van der Waals surface area contributed by atoms with Gasteiger partial charge in [0.25, 0.3) is 0 Å². The molecule has 3 heteroatoms. The highest BCUT2D eigenvalue weighted by Crippen LogP contribution is 2.20. The minimum Gasteiger partial charge on any atom is -0.361 e. The second-order valence-electron chi connectivity index (χ2n) is 4.38. The Morgan fingerprint density at radius 1 is 1.24 bits per heavy atom. The van der Waals surface area contributed by atoms with E-state index in [1.165, 1.54) is 16.5 Å². The molecule has 0 aliphatic heterocycles. The smallest absolute Gasteiger partial charge is 0.133 e. The van der Waals surface area contributed by atoms with Crippen molar-refractivity contribution >= 4 is 10.9 Å². The van der Waals surface area contributed by atoms with Gasteiger partial charge in [-0.1, -0.05) is 17.3 Å². The molecular formula is C14H14N2O. The lowest BCUT2D eigenvalue weighted by atomic mass is 10.1. The zero-order valence-corrected chi connectivity index (χ0v) is 9.97. The maximum absolute atomic E-state index is 5.09. The van der Waals surface area contributed by atoms with E-state index < -0.39 is 0 Å². The Balaban J connectivity index is 2.04. The summed E-state index contributed by atoms with van der Waals surface area (Å²) in [5.74, 6) is 0.854. The van der Waals surface area contributed by atoms with Gasteiger partial charge in [-0.25, -0.2) is 0 Å². The molecular weight excluding hydrogens is 212 g/mol. The van der Waals surface area contributed by atoms with Crippen LogP contribution in [0.5, 0.6) is 0 Å². The molecule has 0 spiro atoms. The first kappa shape index (κ1) is 10.1. The second-order valence-corrected chi connectivity index (χ2v) is 4.38. The molecule has 0 fully saturated rings. The molecule has 0 aliphatic carbocycles. The van der Waals surface area contributed by atoms with Crippen molar-refractivity contribution in [2.24, 2.45) is 0 Å². The zero-order chi connectivity index (χ0) is 11.8. The van der Waals surface area contributed by atoms with Gasteiger partial charge < -0.3 is 9.09 Å². The third-order valence-electron chi connectivity index (χ3n) is 3.04. The quantitative estimate of drug-likeness (QED) is 0.671. The summed E-state index contributed by atoms with van der Waals surface area (Å²) >= 11 is 0. The van der Waals surface area contributed by atoms with Gasteiger partial charge in [-0.3, -0.25) is 0 Å². The molecule has 86 valence electrons. The average molecular weight is 226 g/mol. The van der Waals surface area contributed by atoms with Gasteiger partial charge in [-0.05, 0) is 31.5 Å². The van der Waals surface area contributed by atoms with E-state index in [0.717, 1.165) is 18.0 Å². The molecule has 17 heavy (non-hydrogen) atoms. The van der Waals surface area contributed by atoms with Crippen molar-refractivity contribution in [1.29, 1.82) is 0 Å². The van der Waals surface area contributed by atoms with E-state index in [0.29, 0.717) is 0 Å². The first-order valence-electron chi connectivity index (χ1n) is 5.71. The molecule has 3 nitrogen and oxygen atoms in total. The van der Waals surface area contributed by atoms with Crippen LogP contribution in [0.3, 0.4) is 0 Å². The van der Waals surface area contributed by atoms with E-state index >= 15 is 0 Å². The van der Waals surface area contributed by atoms with Gasteiger partial charge in [0.05, 0.1) is 6.54 Å². The molecule has 0 saturated heterocycles. The summed E-state index contributed by atoms with van der Waals surface area (Å²) < 4.78 is 7.28. The van der Waals surface area contributed by atoms with E-state index in [9.17, 15) is 0 Å². The van der Waals surface area contributed by atoms with Gasteiger partial charge in [0, 0.05) is 23.2 Å². The molecule has 2 aromatic heterocycles. The van der Waals surface area contributed by atoms with Crippen LogP contribution in [0, 0.1) is 13.8 Å². The topological polar surface area (TPSA) is 31.0 Å². The molecule has 0 unspecified atom stereocenters. The van der Waals surface area contributed by atoms with Crippen LogP contribution in [0.15, 0.2) is 41.1 Å². The Kier molecular flexibility index (Phi) is 2.25. The number of nitrogens with zero attached hydrogens (tertiary/aromatic N) is 2. The Morgan fingerprint density at radius 3 is 2.88 bits per heavy atom. The second kappa shape index (κ2) is 3.77. The SMILES string of the molecule is Cc1cc(Cn2ccc3c(C)cccc32)no1. The molecule has 1 aromatic carbocycles. The highest BCUT2D eigenvalue weighted by Gasteiger charge is 2.05. The van der Waals surface area contributed by atoms with Crippen molar-refractivity contribution in [3.63, 3.8) is 0 Å². The fraction of sp³-hybridized carbons (Fsp3) is 0.214. The Bertz CT molecular complexity index is 664. The lowest BCUT2D eigenvalue weighted by Gasteiger charge is -2.02. The van der Waals surface area contributed by atoms with Gasteiger partial charge in [0.15, 0.2) is 0 Å². The summed E-state index contributed by atoms with van der Waals surface area (Å²) in [7, 11) is 0.